The lowest BCUT2D eigenvalue weighted by Gasteiger charge is -2.34. The molecule has 1 aromatic carbocycles. The zero-order chi connectivity index (χ0) is 16.8. The summed E-state index contributed by atoms with van der Waals surface area (Å²) in [7, 11) is 0. The molecule has 1 N–H and O–H groups in total. The molecule has 0 bridgehead atoms. The molecule has 0 atom stereocenters. The molecule has 2 aromatic rings. The van der Waals surface area contributed by atoms with Crippen LogP contribution in [0.2, 0.25) is 0 Å². The molecular formula is C18H26N4OS. The average Bonchev–Trinajstić information content (AvgIpc) is 3.04. The molecule has 3 rings (SSSR count). The molecule has 1 saturated heterocycles. The second kappa shape index (κ2) is 8.44. The fourth-order valence-corrected chi connectivity index (χ4v) is 3.95. The van der Waals surface area contributed by atoms with Gasteiger partial charge in [-0.05, 0) is 18.6 Å². The van der Waals surface area contributed by atoms with Gasteiger partial charge in [-0.1, -0.05) is 36.8 Å². The van der Waals surface area contributed by atoms with Gasteiger partial charge in [0.15, 0.2) is 5.13 Å². The van der Waals surface area contributed by atoms with Crippen molar-refractivity contribution in [3.8, 4) is 0 Å². The van der Waals surface area contributed by atoms with Crippen LogP contribution >= 0.6 is 11.3 Å². The molecule has 5 nitrogen and oxygen atoms in total. The van der Waals surface area contributed by atoms with E-state index in [0.717, 1.165) is 62.8 Å². The Labute approximate surface area is 147 Å². The van der Waals surface area contributed by atoms with Gasteiger partial charge in [0.25, 0.3) is 0 Å². The van der Waals surface area contributed by atoms with Crippen molar-refractivity contribution in [2.45, 2.75) is 26.2 Å². The SMILES string of the molecule is CCCCC(=O)NCCN1CCN(c2nc3ccccc3s2)CC1. The number of anilines is 1. The molecule has 24 heavy (non-hydrogen) atoms. The average molecular weight is 347 g/mol. The first kappa shape index (κ1) is 17.2. The highest BCUT2D eigenvalue weighted by Gasteiger charge is 2.19. The lowest BCUT2D eigenvalue weighted by atomic mass is 10.2. The van der Waals surface area contributed by atoms with E-state index in [2.05, 4.69) is 40.2 Å². The standard InChI is InChI=1S/C18H26N4OS/c1-2-3-8-17(23)19-9-10-21-11-13-22(14-12-21)18-20-15-6-4-5-7-16(15)24-18/h4-7H,2-3,8-14H2,1H3,(H,19,23). The minimum absolute atomic E-state index is 0.185. The van der Waals surface area contributed by atoms with E-state index in [9.17, 15) is 4.79 Å². The first-order chi connectivity index (χ1) is 11.8. The van der Waals surface area contributed by atoms with Gasteiger partial charge in [0.2, 0.25) is 5.91 Å². The van der Waals surface area contributed by atoms with E-state index < -0.39 is 0 Å². The summed E-state index contributed by atoms with van der Waals surface area (Å²) in [6, 6.07) is 8.32. The fraction of sp³-hybridized carbons (Fsp3) is 0.556. The van der Waals surface area contributed by atoms with Crippen LogP contribution in [-0.2, 0) is 4.79 Å². The number of benzene rings is 1. The van der Waals surface area contributed by atoms with Crippen LogP contribution in [0, 0.1) is 0 Å². The Bertz CT molecular complexity index is 631. The lowest BCUT2D eigenvalue weighted by molar-refractivity contribution is -0.121. The van der Waals surface area contributed by atoms with E-state index in [0.29, 0.717) is 6.42 Å². The Morgan fingerprint density at radius 2 is 2.04 bits per heavy atom. The quantitative estimate of drug-likeness (QED) is 0.837. The Hall–Kier alpha value is -1.66. The van der Waals surface area contributed by atoms with Crippen LogP contribution in [0.1, 0.15) is 26.2 Å². The van der Waals surface area contributed by atoms with E-state index in [1.165, 1.54) is 4.70 Å². The minimum atomic E-state index is 0.185. The molecule has 130 valence electrons. The van der Waals surface area contributed by atoms with Crippen LogP contribution in [-0.4, -0.2) is 55.1 Å². The summed E-state index contributed by atoms with van der Waals surface area (Å²) < 4.78 is 1.25. The number of fused-ring (bicyclic) bond motifs is 1. The maximum Gasteiger partial charge on any atom is 0.220 e. The van der Waals surface area contributed by atoms with E-state index in [4.69, 9.17) is 4.98 Å². The zero-order valence-corrected chi connectivity index (χ0v) is 15.1. The van der Waals surface area contributed by atoms with E-state index in [1.54, 1.807) is 11.3 Å². The van der Waals surface area contributed by atoms with Gasteiger partial charge in [0.1, 0.15) is 0 Å². The molecule has 1 aliphatic rings. The third-order valence-corrected chi connectivity index (χ3v) is 5.53. The maximum atomic E-state index is 11.6. The van der Waals surface area contributed by atoms with Gasteiger partial charge in [-0.25, -0.2) is 4.98 Å². The number of thiazole rings is 1. The van der Waals surface area contributed by atoms with Crippen LogP contribution in [0.3, 0.4) is 0 Å². The summed E-state index contributed by atoms with van der Waals surface area (Å²) in [6.45, 7) is 7.86. The molecule has 0 spiro atoms. The summed E-state index contributed by atoms with van der Waals surface area (Å²) in [5.41, 5.74) is 1.09. The maximum absolute atomic E-state index is 11.6. The van der Waals surface area contributed by atoms with E-state index in [1.807, 2.05) is 6.07 Å². The van der Waals surface area contributed by atoms with Crippen LogP contribution in [0.15, 0.2) is 24.3 Å². The predicted octanol–water partition coefficient (Wildman–Crippen LogP) is 2.72. The number of carbonyl (C=O) groups excluding carboxylic acids is 1. The number of hydrogen-bond donors (Lipinski definition) is 1. The number of aromatic nitrogens is 1. The van der Waals surface area contributed by atoms with Crippen molar-refractivity contribution in [1.82, 2.24) is 15.2 Å². The first-order valence-electron chi connectivity index (χ1n) is 8.86. The van der Waals surface area contributed by atoms with Crippen molar-refractivity contribution >= 4 is 32.6 Å². The second-order valence-corrected chi connectivity index (χ2v) is 7.26. The van der Waals surface area contributed by atoms with Crippen molar-refractivity contribution in [1.29, 1.82) is 0 Å². The van der Waals surface area contributed by atoms with Crippen molar-refractivity contribution in [3.63, 3.8) is 0 Å². The normalized spacial score (nSPS) is 15.8. The number of carbonyl (C=O) groups is 1. The van der Waals surface area contributed by atoms with Crippen LogP contribution in [0.25, 0.3) is 10.2 Å². The number of nitrogens with one attached hydrogen (secondary N) is 1. The lowest BCUT2D eigenvalue weighted by Crippen LogP contribution is -2.48. The van der Waals surface area contributed by atoms with Gasteiger partial charge in [-0.3, -0.25) is 9.69 Å². The third-order valence-electron chi connectivity index (χ3n) is 4.43. The number of nitrogens with zero attached hydrogens (tertiary/aromatic N) is 3. The van der Waals surface area contributed by atoms with Gasteiger partial charge < -0.3 is 10.2 Å². The first-order valence-corrected chi connectivity index (χ1v) is 9.67. The summed E-state index contributed by atoms with van der Waals surface area (Å²) in [4.78, 5) is 21.2. The molecule has 0 unspecified atom stereocenters. The molecule has 0 saturated carbocycles. The van der Waals surface area contributed by atoms with Crippen LogP contribution in [0.4, 0.5) is 5.13 Å². The van der Waals surface area contributed by atoms with E-state index in [-0.39, 0.29) is 5.91 Å². The number of amides is 1. The van der Waals surface area contributed by atoms with Crippen molar-refractivity contribution in [2.75, 3.05) is 44.2 Å². The smallest absolute Gasteiger partial charge is 0.220 e. The van der Waals surface area contributed by atoms with Gasteiger partial charge in [-0.2, -0.15) is 0 Å². The topological polar surface area (TPSA) is 48.5 Å². The highest BCUT2D eigenvalue weighted by Crippen LogP contribution is 2.28. The molecule has 1 fully saturated rings. The third kappa shape index (κ3) is 4.45. The Balaban J connectivity index is 1.41. The van der Waals surface area contributed by atoms with Crippen molar-refractivity contribution in [3.05, 3.63) is 24.3 Å². The minimum Gasteiger partial charge on any atom is -0.355 e. The summed E-state index contributed by atoms with van der Waals surface area (Å²) in [6.07, 6.45) is 2.70. The van der Waals surface area contributed by atoms with Crippen LogP contribution in [0.5, 0.6) is 0 Å². The summed E-state index contributed by atoms with van der Waals surface area (Å²) >= 11 is 1.77. The van der Waals surface area contributed by atoms with E-state index >= 15 is 0 Å². The molecule has 0 radical (unpaired) electrons. The number of para-hydroxylation sites is 1. The zero-order valence-electron chi connectivity index (χ0n) is 14.3. The number of rotatable bonds is 7. The Kier molecular flexibility index (Phi) is 6.04. The largest absolute Gasteiger partial charge is 0.355 e. The monoisotopic (exact) mass is 346 g/mol. The van der Waals surface area contributed by atoms with Gasteiger partial charge in [-0.15, -0.1) is 0 Å². The summed E-state index contributed by atoms with van der Waals surface area (Å²) in [5, 5.41) is 4.15. The Morgan fingerprint density at radius 3 is 2.79 bits per heavy atom. The van der Waals surface area contributed by atoms with Crippen LogP contribution < -0.4 is 10.2 Å². The molecule has 0 aliphatic carbocycles. The second-order valence-electron chi connectivity index (χ2n) is 6.25. The van der Waals surface area contributed by atoms with Crippen molar-refractivity contribution in [2.24, 2.45) is 0 Å². The molecule has 1 aliphatic heterocycles. The molecule has 6 heteroatoms. The molecule has 1 amide bonds. The fourth-order valence-electron chi connectivity index (χ4n) is 2.94. The Morgan fingerprint density at radius 1 is 1.25 bits per heavy atom. The molecule has 1 aromatic heterocycles. The van der Waals surface area contributed by atoms with Gasteiger partial charge in [0, 0.05) is 45.7 Å². The van der Waals surface area contributed by atoms with Gasteiger partial charge >= 0.3 is 0 Å². The number of hydrogen-bond acceptors (Lipinski definition) is 5. The molecular weight excluding hydrogens is 320 g/mol. The predicted molar refractivity (Wildman–Crippen MR) is 101 cm³/mol. The van der Waals surface area contributed by atoms with Gasteiger partial charge in [0.05, 0.1) is 10.2 Å². The highest BCUT2D eigenvalue weighted by molar-refractivity contribution is 7.22. The number of unbranched alkanes of at least 4 members (excludes halogenated alkanes) is 1. The number of piperazine rings is 1. The van der Waals surface area contributed by atoms with Crippen molar-refractivity contribution < 1.29 is 4.79 Å². The summed E-state index contributed by atoms with van der Waals surface area (Å²) in [5.74, 6) is 0.185. The highest BCUT2D eigenvalue weighted by atomic mass is 32.1. The molecule has 2 heterocycles.